The molecule has 0 spiro atoms. The van der Waals surface area contributed by atoms with Crippen LogP contribution in [0.4, 0.5) is 0 Å². The van der Waals surface area contributed by atoms with E-state index in [2.05, 4.69) is 29.0 Å². The fourth-order valence-corrected chi connectivity index (χ4v) is 1.75. The largest absolute Gasteiger partial charge is 0.365 e. The first-order valence-corrected chi connectivity index (χ1v) is 6.90. The van der Waals surface area contributed by atoms with Crippen LogP contribution in [0.15, 0.2) is 48.9 Å². The van der Waals surface area contributed by atoms with Crippen molar-refractivity contribution < 1.29 is 0 Å². The van der Waals surface area contributed by atoms with Gasteiger partial charge >= 0.3 is 0 Å². The molecule has 2 aromatic heterocycles. The Hall–Kier alpha value is -1.57. The molecule has 2 heteroatoms. The number of rotatable bonds is 6. The lowest BCUT2D eigenvalue weighted by Gasteiger charge is -1.98. The zero-order valence-corrected chi connectivity index (χ0v) is 11.3. The second kappa shape index (κ2) is 10.6. The minimum Gasteiger partial charge on any atom is -0.365 e. The molecule has 0 aliphatic heterocycles. The van der Waals surface area contributed by atoms with Gasteiger partial charge in [-0.2, -0.15) is 0 Å². The topological polar surface area (TPSA) is 28.7 Å². The summed E-state index contributed by atoms with van der Waals surface area (Å²) in [4.78, 5) is 7.01. The van der Waals surface area contributed by atoms with Crippen LogP contribution in [0.1, 0.15) is 44.7 Å². The first kappa shape index (κ1) is 14.5. The molecular formula is C16H24N2. The SMILES string of the molecule is CCCCCCCc1ccc[nH]1.c1ccncc1. The number of hydrogen-bond acceptors (Lipinski definition) is 1. The molecule has 98 valence electrons. The van der Waals surface area contributed by atoms with Crippen molar-refractivity contribution in [2.75, 3.05) is 0 Å². The lowest BCUT2D eigenvalue weighted by molar-refractivity contribution is 0.629. The Balaban J connectivity index is 0.000000225. The van der Waals surface area contributed by atoms with Crippen LogP contribution >= 0.6 is 0 Å². The molecule has 0 saturated carbocycles. The molecule has 0 saturated heterocycles. The summed E-state index contributed by atoms with van der Waals surface area (Å²) in [5.74, 6) is 0. The molecule has 0 radical (unpaired) electrons. The van der Waals surface area contributed by atoms with E-state index in [0.717, 1.165) is 0 Å². The van der Waals surface area contributed by atoms with Crippen molar-refractivity contribution in [2.45, 2.75) is 45.4 Å². The van der Waals surface area contributed by atoms with Gasteiger partial charge in [0, 0.05) is 24.3 Å². The normalized spacial score (nSPS) is 9.61. The average Bonchev–Trinajstić information content (AvgIpc) is 2.94. The highest BCUT2D eigenvalue weighted by Gasteiger charge is 1.92. The monoisotopic (exact) mass is 244 g/mol. The molecule has 0 bridgehead atoms. The van der Waals surface area contributed by atoms with E-state index < -0.39 is 0 Å². The minimum absolute atomic E-state index is 1.22. The quantitative estimate of drug-likeness (QED) is 0.739. The highest BCUT2D eigenvalue weighted by atomic mass is 14.7. The number of aromatic nitrogens is 2. The van der Waals surface area contributed by atoms with E-state index in [1.165, 1.54) is 44.2 Å². The van der Waals surface area contributed by atoms with Gasteiger partial charge in [-0.3, -0.25) is 4.98 Å². The summed E-state index contributed by atoms with van der Waals surface area (Å²) < 4.78 is 0. The molecule has 0 atom stereocenters. The summed E-state index contributed by atoms with van der Waals surface area (Å²) in [6, 6.07) is 9.95. The number of unbranched alkanes of at least 4 members (excludes halogenated alkanes) is 4. The van der Waals surface area contributed by atoms with E-state index in [0.29, 0.717) is 0 Å². The molecule has 0 fully saturated rings. The summed E-state index contributed by atoms with van der Waals surface area (Å²) in [5, 5.41) is 0. The van der Waals surface area contributed by atoms with E-state index in [-0.39, 0.29) is 0 Å². The summed E-state index contributed by atoms with van der Waals surface area (Å²) in [7, 11) is 0. The lowest BCUT2D eigenvalue weighted by Crippen LogP contribution is -1.85. The van der Waals surface area contributed by atoms with Gasteiger partial charge < -0.3 is 4.98 Å². The molecular weight excluding hydrogens is 220 g/mol. The Bertz CT molecular complexity index is 327. The summed E-state index contributed by atoms with van der Waals surface area (Å²) >= 11 is 0. The van der Waals surface area contributed by atoms with E-state index in [1.807, 2.05) is 24.4 Å². The van der Waals surface area contributed by atoms with E-state index in [4.69, 9.17) is 0 Å². The minimum atomic E-state index is 1.22. The van der Waals surface area contributed by atoms with Gasteiger partial charge in [0.15, 0.2) is 0 Å². The average molecular weight is 244 g/mol. The second-order valence-corrected chi connectivity index (χ2v) is 4.38. The van der Waals surface area contributed by atoms with Crippen molar-refractivity contribution in [3.8, 4) is 0 Å². The smallest absolute Gasteiger partial charge is 0.0267 e. The predicted molar refractivity (Wildman–Crippen MR) is 77.5 cm³/mol. The summed E-state index contributed by atoms with van der Waals surface area (Å²) in [6.07, 6.45) is 13.6. The third kappa shape index (κ3) is 7.66. The molecule has 0 unspecified atom stereocenters. The summed E-state index contributed by atoms with van der Waals surface area (Å²) in [6.45, 7) is 2.25. The maximum Gasteiger partial charge on any atom is 0.0267 e. The molecule has 2 heterocycles. The second-order valence-electron chi connectivity index (χ2n) is 4.38. The maximum atomic E-state index is 3.78. The molecule has 1 N–H and O–H groups in total. The molecule has 2 rings (SSSR count). The first-order valence-electron chi connectivity index (χ1n) is 6.90. The first-order chi connectivity index (χ1) is 8.93. The molecule has 18 heavy (non-hydrogen) atoms. The third-order valence-electron chi connectivity index (χ3n) is 2.78. The van der Waals surface area contributed by atoms with Gasteiger partial charge in [0.25, 0.3) is 0 Å². The zero-order valence-electron chi connectivity index (χ0n) is 11.3. The number of aryl methyl sites for hydroxylation is 1. The van der Waals surface area contributed by atoms with E-state index in [1.54, 1.807) is 12.4 Å². The Labute approximate surface area is 110 Å². The predicted octanol–water partition coefficient (Wildman–Crippen LogP) is 4.61. The molecule has 2 aromatic rings. The number of nitrogens with one attached hydrogen (secondary N) is 1. The van der Waals surface area contributed by atoms with Crippen LogP contribution in [-0.2, 0) is 6.42 Å². The van der Waals surface area contributed by atoms with Crippen molar-refractivity contribution in [1.29, 1.82) is 0 Å². The van der Waals surface area contributed by atoms with E-state index >= 15 is 0 Å². The van der Waals surface area contributed by atoms with Crippen LogP contribution < -0.4 is 0 Å². The van der Waals surface area contributed by atoms with Crippen molar-refractivity contribution in [2.24, 2.45) is 0 Å². The standard InChI is InChI=1S/C11H19N.C5H5N/c1-2-3-4-5-6-8-11-9-7-10-12-11;1-2-4-6-5-3-1/h7,9-10,12H,2-6,8H2,1H3;1-5H. The number of pyridine rings is 1. The molecule has 0 aliphatic rings. The Kier molecular flexibility index (Phi) is 8.51. The zero-order chi connectivity index (χ0) is 12.9. The van der Waals surface area contributed by atoms with E-state index in [9.17, 15) is 0 Å². The number of hydrogen-bond donors (Lipinski definition) is 1. The number of H-pyrrole nitrogens is 1. The molecule has 0 aromatic carbocycles. The van der Waals surface area contributed by atoms with Crippen molar-refractivity contribution >= 4 is 0 Å². The fraction of sp³-hybridized carbons (Fsp3) is 0.438. The third-order valence-corrected chi connectivity index (χ3v) is 2.78. The molecule has 2 nitrogen and oxygen atoms in total. The molecule has 0 aliphatic carbocycles. The van der Waals surface area contributed by atoms with Crippen LogP contribution in [0, 0.1) is 0 Å². The van der Waals surface area contributed by atoms with Crippen LogP contribution in [0.25, 0.3) is 0 Å². The van der Waals surface area contributed by atoms with Crippen molar-refractivity contribution in [3.63, 3.8) is 0 Å². The van der Waals surface area contributed by atoms with Gasteiger partial charge in [-0.15, -0.1) is 0 Å². The van der Waals surface area contributed by atoms with Crippen LogP contribution in [0.5, 0.6) is 0 Å². The Morgan fingerprint density at radius 1 is 0.944 bits per heavy atom. The van der Waals surface area contributed by atoms with Crippen LogP contribution in [0.2, 0.25) is 0 Å². The molecule has 0 amide bonds. The Morgan fingerprint density at radius 3 is 2.22 bits per heavy atom. The van der Waals surface area contributed by atoms with Gasteiger partial charge in [0.1, 0.15) is 0 Å². The van der Waals surface area contributed by atoms with Gasteiger partial charge in [-0.25, -0.2) is 0 Å². The van der Waals surface area contributed by atoms with Gasteiger partial charge in [0.05, 0.1) is 0 Å². The Morgan fingerprint density at radius 2 is 1.72 bits per heavy atom. The van der Waals surface area contributed by atoms with Gasteiger partial charge in [0.2, 0.25) is 0 Å². The lowest BCUT2D eigenvalue weighted by atomic mass is 10.1. The number of aromatic amines is 1. The highest BCUT2D eigenvalue weighted by Crippen LogP contribution is 2.06. The fourth-order valence-electron chi connectivity index (χ4n) is 1.75. The van der Waals surface area contributed by atoms with Gasteiger partial charge in [-0.1, -0.05) is 38.7 Å². The van der Waals surface area contributed by atoms with Crippen molar-refractivity contribution in [3.05, 3.63) is 54.6 Å². The summed E-state index contributed by atoms with van der Waals surface area (Å²) in [5.41, 5.74) is 1.38. The maximum absolute atomic E-state index is 3.78. The van der Waals surface area contributed by atoms with Crippen molar-refractivity contribution in [1.82, 2.24) is 9.97 Å². The van der Waals surface area contributed by atoms with Crippen LogP contribution in [0.3, 0.4) is 0 Å². The van der Waals surface area contributed by atoms with Gasteiger partial charge in [-0.05, 0) is 37.1 Å². The number of nitrogens with zero attached hydrogens (tertiary/aromatic N) is 1. The van der Waals surface area contributed by atoms with Crippen LogP contribution in [-0.4, -0.2) is 9.97 Å². The highest BCUT2D eigenvalue weighted by molar-refractivity contribution is 5.03.